The van der Waals surface area contributed by atoms with Crippen LogP contribution in [-0.2, 0) is 13.6 Å². The molecule has 0 saturated carbocycles. The molecule has 0 radical (unpaired) electrons. The molecule has 3 aromatic rings. The van der Waals surface area contributed by atoms with Gasteiger partial charge in [0.05, 0.1) is 15.6 Å². The molecule has 0 bridgehead atoms. The molecule has 0 atom stereocenters. The fraction of sp³-hybridized carbons (Fsp3) is 0.167. The molecule has 1 aromatic heterocycles. The quantitative estimate of drug-likeness (QED) is 0.486. The lowest BCUT2D eigenvalue weighted by Crippen LogP contribution is -2.03. The largest absolute Gasteiger partial charge is 0.380 e. The molecule has 0 spiro atoms. The number of anilines is 3. The molecule has 0 fully saturated rings. The van der Waals surface area contributed by atoms with Gasteiger partial charge in [-0.2, -0.15) is 5.10 Å². The third kappa shape index (κ3) is 3.78. The molecule has 0 aliphatic heterocycles. The first kappa shape index (κ1) is 17.8. The Balaban J connectivity index is 1.77. The molecule has 0 aliphatic carbocycles. The standard InChI is InChI=1S/C18H18ClN5O2/c1-12-17(24(25)26)18(23(2)22-12)21-14-8-9-16(15(19)10-14)20-11-13-6-4-3-5-7-13/h3-10,20-21H,11H2,1-2H3. The molecular weight excluding hydrogens is 354 g/mol. The van der Waals surface area contributed by atoms with E-state index in [9.17, 15) is 10.1 Å². The summed E-state index contributed by atoms with van der Waals surface area (Å²) in [5, 5.41) is 22.2. The van der Waals surface area contributed by atoms with Crippen molar-refractivity contribution in [3.8, 4) is 0 Å². The summed E-state index contributed by atoms with van der Waals surface area (Å²) in [4.78, 5) is 10.8. The maximum absolute atomic E-state index is 11.3. The lowest BCUT2D eigenvalue weighted by Gasteiger charge is -2.11. The van der Waals surface area contributed by atoms with E-state index in [0.717, 1.165) is 11.3 Å². The summed E-state index contributed by atoms with van der Waals surface area (Å²) in [6.07, 6.45) is 0. The van der Waals surface area contributed by atoms with Gasteiger partial charge >= 0.3 is 5.69 Å². The van der Waals surface area contributed by atoms with Crippen molar-refractivity contribution in [1.29, 1.82) is 0 Å². The Morgan fingerprint density at radius 2 is 1.96 bits per heavy atom. The van der Waals surface area contributed by atoms with Gasteiger partial charge in [-0.25, -0.2) is 4.68 Å². The van der Waals surface area contributed by atoms with Crippen molar-refractivity contribution in [2.75, 3.05) is 10.6 Å². The highest BCUT2D eigenvalue weighted by molar-refractivity contribution is 6.33. The van der Waals surface area contributed by atoms with E-state index in [-0.39, 0.29) is 5.69 Å². The van der Waals surface area contributed by atoms with Crippen molar-refractivity contribution in [3.63, 3.8) is 0 Å². The van der Waals surface area contributed by atoms with Crippen LogP contribution in [0.3, 0.4) is 0 Å². The number of aryl methyl sites for hydroxylation is 2. The maximum Gasteiger partial charge on any atom is 0.334 e. The molecule has 2 aromatic carbocycles. The molecule has 0 saturated heterocycles. The predicted octanol–water partition coefficient (Wildman–Crippen LogP) is 4.65. The number of rotatable bonds is 6. The highest BCUT2D eigenvalue weighted by Gasteiger charge is 2.24. The number of nitrogens with zero attached hydrogens (tertiary/aromatic N) is 3. The minimum Gasteiger partial charge on any atom is -0.380 e. The third-order valence-electron chi connectivity index (χ3n) is 3.93. The molecule has 3 rings (SSSR count). The van der Waals surface area contributed by atoms with Crippen LogP contribution < -0.4 is 10.6 Å². The number of hydrogen-bond donors (Lipinski definition) is 2. The molecule has 26 heavy (non-hydrogen) atoms. The first-order valence-corrected chi connectivity index (χ1v) is 8.36. The number of halogens is 1. The Morgan fingerprint density at radius 1 is 1.23 bits per heavy atom. The second-order valence-electron chi connectivity index (χ2n) is 5.82. The maximum atomic E-state index is 11.3. The van der Waals surface area contributed by atoms with Crippen molar-refractivity contribution in [1.82, 2.24) is 9.78 Å². The lowest BCUT2D eigenvalue weighted by atomic mass is 10.2. The zero-order valence-corrected chi connectivity index (χ0v) is 15.1. The van der Waals surface area contributed by atoms with E-state index in [4.69, 9.17) is 11.6 Å². The van der Waals surface area contributed by atoms with Crippen LogP contribution in [0.5, 0.6) is 0 Å². The Labute approximate surface area is 155 Å². The Morgan fingerprint density at radius 3 is 2.62 bits per heavy atom. The summed E-state index contributed by atoms with van der Waals surface area (Å²) >= 11 is 6.35. The van der Waals surface area contributed by atoms with E-state index < -0.39 is 4.92 Å². The smallest absolute Gasteiger partial charge is 0.334 e. The van der Waals surface area contributed by atoms with E-state index in [0.29, 0.717) is 28.8 Å². The third-order valence-corrected chi connectivity index (χ3v) is 4.24. The van der Waals surface area contributed by atoms with Crippen LogP contribution in [0.2, 0.25) is 5.02 Å². The fourth-order valence-electron chi connectivity index (χ4n) is 2.67. The molecule has 0 aliphatic rings. The van der Waals surface area contributed by atoms with E-state index in [1.165, 1.54) is 4.68 Å². The fourth-order valence-corrected chi connectivity index (χ4v) is 2.92. The molecule has 2 N–H and O–H groups in total. The Kier molecular flexibility index (Phi) is 5.09. The van der Waals surface area contributed by atoms with Gasteiger partial charge in [-0.3, -0.25) is 10.1 Å². The summed E-state index contributed by atoms with van der Waals surface area (Å²) in [5.41, 5.74) is 2.89. The first-order chi connectivity index (χ1) is 12.5. The van der Waals surface area contributed by atoms with Gasteiger partial charge in [0.1, 0.15) is 5.69 Å². The summed E-state index contributed by atoms with van der Waals surface area (Å²) < 4.78 is 1.45. The van der Waals surface area contributed by atoms with Crippen LogP contribution in [0.15, 0.2) is 48.5 Å². The summed E-state index contributed by atoms with van der Waals surface area (Å²) in [6.45, 7) is 2.26. The van der Waals surface area contributed by atoms with E-state index in [1.54, 1.807) is 20.0 Å². The zero-order chi connectivity index (χ0) is 18.7. The second kappa shape index (κ2) is 7.45. The summed E-state index contributed by atoms with van der Waals surface area (Å²) in [6, 6.07) is 15.4. The van der Waals surface area contributed by atoms with Gasteiger partial charge in [-0.05, 0) is 30.7 Å². The van der Waals surface area contributed by atoms with Crippen molar-refractivity contribution in [2.24, 2.45) is 7.05 Å². The monoisotopic (exact) mass is 371 g/mol. The van der Waals surface area contributed by atoms with E-state index >= 15 is 0 Å². The molecule has 8 heteroatoms. The van der Waals surface area contributed by atoms with Gasteiger partial charge in [0.25, 0.3) is 0 Å². The predicted molar refractivity (Wildman–Crippen MR) is 103 cm³/mol. The number of hydrogen-bond acceptors (Lipinski definition) is 5. The van der Waals surface area contributed by atoms with E-state index in [2.05, 4.69) is 15.7 Å². The van der Waals surface area contributed by atoms with Crippen molar-refractivity contribution >= 4 is 34.5 Å². The minimum atomic E-state index is -0.442. The zero-order valence-electron chi connectivity index (χ0n) is 14.4. The number of aromatic nitrogens is 2. The van der Waals surface area contributed by atoms with Crippen LogP contribution in [0.25, 0.3) is 0 Å². The van der Waals surface area contributed by atoms with Gasteiger partial charge in [-0.1, -0.05) is 41.9 Å². The number of nitrogens with one attached hydrogen (secondary N) is 2. The number of benzene rings is 2. The van der Waals surface area contributed by atoms with Crippen molar-refractivity contribution in [3.05, 3.63) is 74.9 Å². The van der Waals surface area contributed by atoms with Crippen LogP contribution >= 0.6 is 11.6 Å². The molecule has 1 heterocycles. The van der Waals surface area contributed by atoms with Gasteiger partial charge in [0.2, 0.25) is 5.82 Å². The highest BCUT2D eigenvalue weighted by Crippen LogP contribution is 2.32. The first-order valence-electron chi connectivity index (χ1n) is 7.98. The molecule has 0 unspecified atom stereocenters. The average Bonchev–Trinajstić information content (AvgIpc) is 2.88. The van der Waals surface area contributed by atoms with Crippen LogP contribution in [-0.4, -0.2) is 14.7 Å². The van der Waals surface area contributed by atoms with Gasteiger partial charge in [0, 0.05) is 19.3 Å². The Bertz CT molecular complexity index is 940. The summed E-state index contributed by atoms with van der Waals surface area (Å²) in [7, 11) is 1.65. The molecule has 134 valence electrons. The minimum absolute atomic E-state index is 0.0464. The van der Waals surface area contributed by atoms with Crippen LogP contribution in [0, 0.1) is 17.0 Å². The Hall–Kier alpha value is -3.06. The van der Waals surface area contributed by atoms with Gasteiger partial charge in [0.15, 0.2) is 0 Å². The highest BCUT2D eigenvalue weighted by atomic mass is 35.5. The van der Waals surface area contributed by atoms with Crippen molar-refractivity contribution in [2.45, 2.75) is 13.5 Å². The SMILES string of the molecule is Cc1nn(C)c(Nc2ccc(NCc3ccccc3)c(Cl)c2)c1[N+](=O)[O-]. The topological polar surface area (TPSA) is 85.0 Å². The van der Waals surface area contributed by atoms with Gasteiger partial charge in [-0.15, -0.1) is 0 Å². The molecule has 7 nitrogen and oxygen atoms in total. The van der Waals surface area contributed by atoms with Crippen LogP contribution in [0.4, 0.5) is 22.9 Å². The van der Waals surface area contributed by atoms with Gasteiger partial charge < -0.3 is 10.6 Å². The van der Waals surface area contributed by atoms with Crippen molar-refractivity contribution < 1.29 is 4.92 Å². The lowest BCUT2D eigenvalue weighted by molar-refractivity contribution is -0.384. The second-order valence-corrected chi connectivity index (χ2v) is 6.23. The molecule has 0 amide bonds. The van der Waals surface area contributed by atoms with E-state index in [1.807, 2.05) is 42.5 Å². The van der Waals surface area contributed by atoms with Crippen LogP contribution in [0.1, 0.15) is 11.3 Å². The normalized spacial score (nSPS) is 10.6. The average molecular weight is 372 g/mol. The molecular formula is C18H18ClN5O2. The summed E-state index contributed by atoms with van der Waals surface area (Å²) in [5.74, 6) is 0.313. The number of nitro groups is 1.